The number of nitro benzene ring substituents is 1. The molecule has 1 aromatic carbocycles. The van der Waals surface area contributed by atoms with Gasteiger partial charge in [-0.2, -0.15) is 0 Å². The first-order valence-corrected chi connectivity index (χ1v) is 6.25. The summed E-state index contributed by atoms with van der Waals surface area (Å²) in [6, 6.07) is 5.10. The van der Waals surface area contributed by atoms with E-state index < -0.39 is 10.7 Å². The lowest BCUT2D eigenvalue weighted by molar-refractivity contribution is -0.385. The Labute approximate surface area is 113 Å². The van der Waals surface area contributed by atoms with Crippen LogP contribution in [0.3, 0.4) is 0 Å². The van der Waals surface area contributed by atoms with Crippen LogP contribution in [0, 0.1) is 15.9 Å². The van der Waals surface area contributed by atoms with Gasteiger partial charge in [-0.15, -0.1) is 0 Å². The molecule has 5 nitrogen and oxygen atoms in total. The molecule has 0 fully saturated rings. The number of carbonyl (C=O) groups excluding carboxylic acids is 1. The average Bonchev–Trinajstić information content (AvgIpc) is 2.83. The number of fused-ring (bicyclic) bond motifs is 1. The molecule has 0 unspecified atom stereocenters. The second-order valence-corrected chi connectivity index (χ2v) is 4.75. The number of non-ortho nitro benzene ring substituents is 1. The van der Waals surface area contributed by atoms with Gasteiger partial charge in [0, 0.05) is 29.9 Å². The Balaban J connectivity index is 2.14. The zero-order chi connectivity index (χ0) is 14.3. The fraction of sp³-hybridized carbons (Fsp3) is 0.214. The predicted molar refractivity (Wildman–Crippen MR) is 69.6 cm³/mol. The molecule has 1 heterocycles. The van der Waals surface area contributed by atoms with Crippen LogP contribution in [-0.4, -0.2) is 15.3 Å². The Morgan fingerprint density at radius 3 is 2.80 bits per heavy atom. The van der Waals surface area contributed by atoms with Gasteiger partial charge in [-0.05, 0) is 25.0 Å². The summed E-state index contributed by atoms with van der Waals surface area (Å²) < 4.78 is 15.2. The van der Waals surface area contributed by atoms with E-state index in [0.717, 1.165) is 18.2 Å². The Kier molecular flexibility index (Phi) is 2.85. The Bertz CT molecular complexity index is 721. The monoisotopic (exact) mass is 274 g/mol. The van der Waals surface area contributed by atoms with Crippen molar-refractivity contribution in [2.75, 3.05) is 0 Å². The average molecular weight is 274 g/mol. The summed E-state index contributed by atoms with van der Waals surface area (Å²) in [7, 11) is 0. The highest BCUT2D eigenvalue weighted by Crippen LogP contribution is 2.27. The second kappa shape index (κ2) is 4.56. The van der Waals surface area contributed by atoms with E-state index in [2.05, 4.69) is 0 Å². The van der Waals surface area contributed by atoms with E-state index in [1.54, 1.807) is 16.8 Å². The lowest BCUT2D eigenvalue weighted by Gasteiger charge is -2.15. The van der Waals surface area contributed by atoms with Crippen molar-refractivity contribution in [3.05, 3.63) is 57.7 Å². The van der Waals surface area contributed by atoms with E-state index in [0.29, 0.717) is 24.1 Å². The summed E-state index contributed by atoms with van der Waals surface area (Å²) in [5, 5.41) is 10.8. The van der Waals surface area contributed by atoms with E-state index in [1.165, 1.54) is 12.1 Å². The van der Waals surface area contributed by atoms with E-state index in [-0.39, 0.29) is 11.5 Å². The first-order chi connectivity index (χ1) is 9.56. The summed E-state index contributed by atoms with van der Waals surface area (Å²) in [4.78, 5) is 21.9. The van der Waals surface area contributed by atoms with Crippen molar-refractivity contribution < 1.29 is 14.1 Å². The van der Waals surface area contributed by atoms with Crippen LogP contribution in [0.2, 0.25) is 0 Å². The molecule has 0 aliphatic heterocycles. The van der Waals surface area contributed by atoms with Crippen molar-refractivity contribution in [3.63, 3.8) is 0 Å². The topological polar surface area (TPSA) is 65.1 Å². The van der Waals surface area contributed by atoms with E-state index in [4.69, 9.17) is 0 Å². The van der Waals surface area contributed by atoms with Gasteiger partial charge in [0.2, 0.25) is 0 Å². The predicted octanol–water partition coefficient (Wildman–Crippen LogP) is 3.04. The highest BCUT2D eigenvalue weighted by molar-refractivity contribution is 5.98. The zero-order valence-corrected chi connectivity index (χ0v) is 10.5. The SMILES string of the molecule is O=C1CCCc2c1ccn2-c1cc(F)cc([N+](=O)[O-])c1. The van der Waals surface area contributed by atoms with Crippen LogP contribution in [-0.2, 0) is 6.42 Å². The van der Waals surface area contributed by atoms with E-state index >= 15 is 0 Å². The summed E-state index contributed by atoms with van der Waals surface area (Å²) in [6.07, 6.45) is 3.62. The largest absolute Gasteiger partial charge is 0.320 e. The Hall–Kier alpha value is -2.50. The van der Waals surface area contributed by atoms with Crippen molar-refractivity contribution in [1.82, 2.24) is 4.57 Å². The van der Waals surface area contributed by atoms with Crippen molar-refractivity contribution in [3.8, 4) is 5.69 Å². The normalized spacial score (nSPS) is 14.2. The van der Waals surface area contributed by atoms with Gasteiger partial charge in [0.25, 0.3) is 5.69 Å². The summed E-state index contributed by atoms with van der Waals surface area (Å²) in [6.45, 7) is 0. The number of hydrogen-bond acceptors (Lipinski definition) is 3. The number of aromatic nitrogens is 1. The maximum absolute atomic E-state index is 13.5. The number of Topliss-reactive ketones (excluding diaryl/α,β-unsaturated/α-hetero) is 1. The molecule has 1 aromatic heterocycles. The molecular formula is C14H11FN2O3. The number of hydrogen-bond donors (Lipinski definition) is 0. The van der Waals surface area contributed by atoms with Crippen LogP contribution >= 0.6 is 0 Å². The lowest BCUT2D eigenvalue weighted by Crippen LogP contribution is -2.12. The molecule has 1 aliphatic rings. The smallest absolute Gasteiger partial charge is 0.274 e. The third-order valence-corrected chi connectivity index (χ3v) is 3.47. The van der Waals surface area contributed by atoms with Crippen LogP contribution in [0.15, 0.2) is 30.5 Å². The molecule has 2 aromatic rings. The molecule has 0 atom stereocenters. The quantitative estimate of drug-likeness (QED) is 0.624. The van der Waals surface area contributed by atoms with Gasteiger partial charge in [0.15, 0.2) is 5.78 Å². The Morgan fingerprint density at radius 2 is 2.05 bits per heavy atom. The minimum absolute atomic E-state index is 0.0657. The van der Waals surface area contributed by atoms with Gasteiger partial charge in [0.05, 0.1) is 16.7 Å². The van der Waals surface area contributed by atoms with Crippen LogP contribution in [0.5, 0.6) is 0 Å². The number of carbonyl (C=O) groups is 1. The molecule has 0 bridgehead atoms. The van der Waals surface area contributed by atoms with E-state index in [1.807, 2.05) is 0 Å². The maximum Gasteiger partial charge on any atom is 0.274 e. The highest BCUT2D eigenvalue weighted by atomic mass is 19.1. The van der Waals surface area contributed by atoms with Gasteiger partial charge < -0.3 is 4.57 Å². The van der Waals surface area contributed by atoms with Crippen LogP contribution < -0.4 is 0 Å². The van der Waals surface area contributed by atoms with Crippen molar-refractivity contribution in [2.24, 2.45) is 0 Å². The molecule has 0 amide bonds. The van der Waals surface area contributed by atoms with Gasteiger partial charge in [-0.1, -0.05) is 0 Å². The fourth-order valence-electron chi connectivity index (χ4n) is 2.57. The Morgan fingerprint density at radius 1 is 1.25 bits per heavy atom. The number of rotatable bonds is 2. The number of ketones is 1. The highest BCUT2D eigenvalue weighted by Gasteiger charge is 2.22. The summed E-state index contributed by atoms with van der Waals surface area (Å²) in [5.41, 5.74) is 1.49. The van der Waals surface area contributed by atoms with Crippen LogP contribution in [0.25, 0.3) is 5.69 Å². The molecule has 20 heavy (non-hydrogen) atoms. The molecule has 0 saturated heterocycles. The molecular weight excluding hydrogens is 263 g/mol. The molecule has 3 rings (SSSR count). The van der Waals surface area contributed by atoms with Crippen molar-refractivity contribution in [2.45, 2.75) is 19.3 Å². The number of halogens is 1. The first-order valence-electron chi connectivity index (χ1n) is 6.25. The molecule has 0 N–H and O–H groups in total. The molecule has 0 radical (unpaired) electrons. The molecule has 0 saturated carbocycles. The fourth-order valence-corrected chi connectivity index (χ4v) is 2.57. The minimum atomic E-state index is -0.668. The van der Waals surface area contributed by atoms with Gasteiger partial charge in [-0.3, -0.25) is 14.9 Å². The van der Waals surface area contributed by atoms with Crippen LogP contribution in [0.1, 0.15) is 28.9 Å². The lowest BCUT2D eigenvalue weighted by atomic mass is 9.97. The zero-order valence-electron chi connectivity index (χ0n) is 10.5. The number of nitrogens with zero attached hydrogens (tertiary/aromatic N) is 2. The summed E-state index contributed by atoms with van der Waals surface area (Å²) >= 11 is 0. The third-order valence-electron chi connectivity index (χ3n) is 3.47. The maximum atomic E-state index is 13.5. The second-order valence-electron chi connectivity index (χ2n) is 4.75. The van der Waals surface area contributed by atoms with Crippen molar-refractivity contribution in [1.29, 1.82) is 0 Å². The van der Waals surface area contributed by atoms with Gasteiger partial charge in [0.1, 0.15) is 5.82 Å². The van der Waals surface area contributed by atoms with Crippen LogP contribution in [0.4, 0.5) is 10.1 Å². The van der Waals surface area contributed by atoms with E-state index in [9.17, 15) is 19.3 Å². The minimum Gasteiger partial charge on any atom is -0.320 e. The first kappa shape index (κ1) is 12.5. The third kappa shape index (κ3) is 1.99. The molecule has 102 valence electrons. The molecule has 6 heteroatoms. The number of benzene rings is 1. The van der Waals surface area contributed by atoms with Gasteiger partial charge >= 0.3 is 0 Å². The molecule has 0 spiro atoms. The molecule has 1 aliphatic carbocycles. The van der Waals surface area contributed by atoms with Crippen molar-refractivity contribution >= 4 is 11.5 Å². The summed E-state index contributed by atoms with van der Waals surface area (Å²) in [5.74, 6) is -0.602. The van der Waals surface area contributed by atoms with Gasteiger partial charge in [-0.25, -0.2) is 4.39 Å². The standard InChI is InChI=1S/C14H11FN2O3/c15-9-6-10(8-11(7-9)17(19)20)16-5-4-12-13(16)2-1-3-14(12)18/h4-8H,1-3H2. The number of nitro groups is 1.